The molecule has 1 atom stereocenters. The molecule has 1 aromatic carbocycles. The van der Waals surface area contributed by atoms with Crippen molar-refractivity contribution in [1.82, 2.24) is 20.3 Å². The summed E-state index contributed by atoms with van der Waals surface area (Å²) >= 11 is 0. The van der Waals surface area contributed by atoms with Crippen molar-refractivity contribution in [3.63, 3.8) is 0 Å². The van der Waals surface area contributed by atoms with Gasteiger partial charge in [-0.2, -0.15) is 0 Å². The summed E-state index contributed by atoms with van der Waals surface area (Å²) in [5, 5.41) is 20.0. The second kappa shape index (κ2) is 6.82. The standard InChI is InChI=1S/C17H20N4O3/c1-11-14(19-20-21(11)13-5-3-2-4-6-13)10-16(22)18-15(17(23)24)9-12-7-8-12/h2-6,12,15H,7-10H2,1H3,(H,18,22)(H,23,24). The Kier molecular flexibility index (Phi) is 4.59. The van der Waals surface area contributed by atoms with Crippen molar-refractivity contribution in [2.24, 2.45) is 5.92 Å². The Morgan fingerprint density at radius 3 is 2.67 bits per heavy atom. The van der Waals surface area contributed by atoms with E-state index in [0.717, 1.165) is 24.2 Å². The largest absolute Gasteiger partial charge is 0.480 e. The second-order valence-electron chi connectivity index (χ2n) is 6.18. The fourth-order valence-corrected chi connectivity index (χ4v) is 2.64. The van der Waals surface area contributed by atoms with E-state index in [-0.39, 0.29) is 12.3 Å². The summed E-state index contributed by atoms with van der Waals surface area (Å²) in [5.41, 5.74) is 2.18. The third-order valence-electron chi connectivity index (χ3n) is 4.22. The molecular formula is C17H20N4O3. The van der Waals surface area contributed by atoms with Crippen LogP contribution in [0.4, 0.5) is 0 Å². The molecule has 126 valence electrons. The number of benzene rings is 1. The number of nitrogens with one attached hydrogen (secondary N) is 1. The van der Waals surface area contributed by atoms with Crippen LogP contribution < -0.4 is 5.32 Å². The van der Waals surface area contributed by atoms with Crippen molar-refractivity contribution in [1.29, 1.82) is 0 Å². The molecule has 0 radical (unpaired) electrons. The van der Waals surface area contributed by atoms with E-state index in [0.29, 0.717) is 18.0 Å². The molecule has 3 rings (SSSR count). The highest BCUT2D eigenvalue weighted by molar-refractivity contribution is 5.84. The van der Waals surface area contributed by atoms with E-state index in [4.69, 9.17) is 0 Å². The van der Waals surface area contributed by atoms with E-state index in [2.05, 4.69) is 15.6 Å². The molecule has 1 unspecified atom stereocenters. The topological polar surface area (TPSA) is 97.1 Å². The lowest BCUT2D eigenvalue weighted by Crippen LogP contribution is -2.42. The fraction of sp³-hybridized carbons (Fsp3) is 0.412. The first-order valence-electron chi connectivity index (χ1n) is 8.03. The lowest BCUT2D eigenvalue weighted by Gasteiger charge is -2.13. The van der Waals surface area contributed by atoms with E-state index in [1.54, 1.807) is 4.68 Å². The number of amides is 1. The van der Waals surface area contributed by atoms with Crippen LogP contribution in [-0.4, -0.2) is 38.0 Å². The zero-order valence-electron chi connectivity index (χ0n) is 13.5. The van der Waals surface area contributed by atoms with Gasteiger partial charge in [0.05, 0.1) is 23.5 Å². The smallest absolute Gasteiger partial charge is 0.326 e. The van der Waals surface area contributed by atoms with Gasteiger partial charge in [-0.15, -0.1) is 5.10 Å². The molecule has 24 heavy (non-hydrogen) atoms. The first-order valence-corrected chi connectivity index (χ1v) is 8.03. The van der Waals surface area contributed by atoms with Crippen LogP contribution >= 0.6 is 0 Å². The number of para-hydroxylation sites is 1. The van der Waals surface area contributed by atoms with Crippen LogP contribution in [0.25, 0.3) is 5.69 Å². The van der Waals surface area contributed by atoms with Gasteiger partial charge >= 0.3 is 5.97 Å². The molecular weight excluding hydrogens is 308 g/mol. The molecule has 0 aliphatic heterocycles. The first-order chi connectivity index (χ1) is 11.5. The third-order valence-corrected chi connectivity index (χ3v) is 4.22. The second-order valence-corrected chi connectivity index (χ2v) is 6.18. The Morgan fingerprint density at radius 2 is 2.04 bits per heavy atom. The van der Waals surface area contributed by atoms with Crippen LogP contribution in [0.1, 0.15) is 30.7 Å². The van der Waals surface area contributed by atoms with E-state index in [1.807, 2.05) is 37.3 Å². The van der Waals surface area contributed by atoms with Crippen molar-refractivity contribution in [3.05, 3.63) is 41.7 Å². The average molecular weight is 328 g/mol. The minimum Gasteiger partial charge on any atom is -0.480 e. The van der Waals surface area contributed by atoms with Crippen molar-refractivity contribution >= 4 is 11.9 Å². The van der Waals surface area contributed by atoms with Crippen LogP contribution in [0.5, 0.6) is 0 Å². The lowest BCUT2D eigenvalue weighted by atomic mass is 10.1. The predicted molar refractivity (Wildman–Crippen MR) is 86.7 cm³/mol. The summed E-state index contributed by atoms with van der Waals surface area (Å²) in [7, 11) is 0. The highest BCUT2D eigenvalue weighted by Crippen LogP contribution is 2.33. The van der Waals surface area contributed by atoms with Crippen molar-refractivity contribution < 1.29 is 14.7 Å². The zero-order valence-corrected chi connectivity index (χ0v) is 13.5. The number of aromatic nitrogens is 3. The number of aliphatic carboxylic acids is 1. The van der Waals surface area contributed by atoms with E-state index < -0.39 is 12.0 Å². The molecule has 0 spiro atoms. The number of hydrogen-bond acceptors (Lipinski definition) is 4. The molecule has 7 nitrogen and oxygen atoms in total. The monoisotopic (exact) mass is 328 g/mol. The highest BCUT2D eigenvalue weighted by atomic mass is 16.4. The highest BCUT2D eigenvalue weighted by Gasteiger charge is 2.30. The van der Waals surface area contributed by atoms with Gasteiger partial charge in [-0.25, -0.2) is 9.48 Å². The van der Waals surface area contributed by atoms with Gasteiger partial charge in [-0.1, -0.05) is 36.3 Å². The molecule has 0 bridgehead atoms. The van der Waals surface area contributed by atoms with Gasteiger partial charge in [-0.05, 0) is 31.4 Å². The predicted octanol–water partition coefficient (Wildman–Crippen LogP) is 1.49. The maximum absolute atomic E-state index is 12.2. The number of carbonyl (C=O) groups is 2. The number of carbonyl (C=O) groups excluding carboxylic acids is 1. The molecule has 2 N–H and O–H groups in total. The van der Waals surface area contributed by atoms with Gasteiger partial charge in [0.25, 0.3) is 0 Å². The van der Waals surface area contributed by atoms with E-state index >= 15 is 0 Å². The Balaban J connectivity index is 1.66. The fourth-order valence-electron chi connectivity index (χ4n) is 2.64. The quantitative estimate of drug-likeness (QED) is 0.802. The number of rotatable bonds is 7. The van der Waals surface area contributed by atoms with Crippen molar-refractivity contribution in [2.45, 2.75) is 38.6 Å². The average Bonchev–Trinajstić information content (AvgIpc) is 3.31. The van der Waals surface area contributed by atoms with Gasteiger partial charge in [-0.3, -0.25) is 4.79 Å². The Labute approximate surface area is 139 Å². The molecule has 1 amide bonds. The maximum atomic E-state index is 12.2. The molecule has 1 aliphatic rings. The van der Waals surface area contributed by atoms with Gasteiger partial charge in [0.15, 0.2) is 0 Å². The van der Waals surface area contributed by atoms with Crippen LogP contribution in [0.3, 0.4) is 0 Å². The summed E-state index contributed by atoms with van der Waals surface area (Å²) in [6.45, 7) is 1.84. The number of carboxylic acid groups (broad SMARTS) is 1. The Bertz CT molecular complexity index is 738. The van der Waals surface area contributed by atoms with Gasteiger partial charge in [0.2, 0.25) is 5.91 Å². The first kappa shape index (κ1) is 16.2. The number of carboxylic acids is 1. The van der Waals surface area contributed by atoms with Gasteiger partial charge in [0.1, 0.15) is 6.04 Å². The molecule has 1 saturated carbocycles. The summed E-state index contributed by atoms with van der Waals surface area (Å²) in [6, 6.07) is 8.70. The molecule has 1 heterocycles. The summed E-state index contributed by atoms with van der Waals surface area (Å²) < 4.78 is 1.67. The molecule has 2 aromatic rings. The SMILES string of the molecule is Cc1c(CC(=O)NC(CC2CC2)C(=O)O)nnn1-c1ccccc1. The zero-order chi connectivity index (χ0) is 17.1. The lowest BCUT2D eigenvalue weighted by molar-refractivity contribution is -0.142. The van der Waals surface area contributed by atoms with E-state index in [9.17, 15) is 14.7 Å². The van der Waals surface area contributed by atoms with Crippen LogP contribution in [0.2, 0.25) is 0 Å². The molecule has 7 heteroatoms. The minimum absolute atomic E-state index is 0.0209. The van der Waals surface area contributed by atoms with E-state index in [1.165, 1.54) is 0 Å². The van der Waals surface area contributed by atoms with Crippen LogP contribution in [0.15, 0.2) is 30.3 Å². The van der Waals surface area contributed by atoms with Gasteiger partial charge in [0, 0.05) is 0 Å². The van der Waals surface area contributed by atoms with Gasteiger partial charge < -0.3 is 10.4 Å². The summed E-state index contributed by atoms with van der Waals surface area (Å²) in [5.74, 6) is -0.904. The Morgan fingerprint density at radius 1 is 1.33 bits per heavy atom. The molecule has 0 saturated heterocycles. The number of hydrogen-bond donors (Lipinski definition) is 2. The van der Waals surface area contributed by atoms with Crippen molar-refractivity contribution in [2.75, 3.05) is 0 Å². The third kappa shape index (κ3) is 3.79. The summed E-state index contributed by atoms with van der Waals surface area (Å²) in [6.07, 6.45) is 2.61. The summed E-state index contributed by atoms with van der Waals surface area (Å²) in [4.78, 5) is 23.4. The molecule has 1 aliphatic carbocycles. The minimum atomic E-state index is -0.986. The van der Waals surface area contributed by atoms with Crippen LogP contribution in [-0.2, 0) is 16.0 Å². The molecule has 1 aromatic heterocycles. The van der Waals surface area contributed by atoms with Crippen LogP contribution in [0, 0.1) is 12.8 Å². The normalized spacial score (nSPS) is 15.0. The Hall–Kier alpha value is -2.70. The molecule has 1 fully saturated rings. The van der Waals surface area contributed by atoms with Crippen molar-refractivity contribution in [3.8, 4) is 5.69 Å². The maximum Gasteiger partial charge on any atom is 0.326 e. The number of nitrogens with zero attached hydrogens (tertiary/aromatic N) is 3.